The maximum atomic E-state index is 5.91. The molecule has 5 heteroatoms. The molecular formula is C10H10ClN3O. The third kappa shape index (κ3) is 1.89. The summed E-state index contributed by atoms with van der Waals surface area (Å²) in [6.07, 6.45) is 1.78. The van der Waals surface area contributed by atoms with Gasteiger partial charge in [0, 0.05) is 18.3 Å². The molecule has 0 aliphatic rings. The second-order valence-corrected chi connectivity index (χ2v) is 3.41. The van der Waals surface area contributed by atoms with E-state index in [9.17, 15) is 0 Å². The van der Waals surface area contributed by atoms with E-state index >= 15 is 0 Å². The van der Waals surface area contributed by atoms with Crippen molar-refractivity contribution in [2.45, 2.75) is 0 Å². The molecule has 2 rings (SSSR count). The first-order chi connectivity index (χ1) is 7.20. The van der Waals surface area contributed by atoms with E-state index < -0.39 is 0 Å². The lowest BCUT2D eigenvalue weighted by Gasteiger charge is -2.06. The van der Waals surface area contributed by atoms with Gasteiger partial charge in [-0.05, 0) is 12.1 Å². The van der Waals surface area contributed by atoms with Gasteiger partial charge in [0.25, 0.3) is 0 Å². The number of halogens is 1. The van der Waals surface area contributed by atoms with Crippen molar-refractivity contribution >= 4 is 17.4 Å². The number of aromatic nitrogens is 2. The molecule has 78 valence electrons. The van der Waals surface area contributed by atoms with E-state index in [1.165, 1.54) is 0 Å². The van der Waals surface area contributed by atoms with Crippen LogP contribution in [-0.4, -0.2) is 16.9 Å². The quantitative estimate of drug-likeness (QED) is 0.849. The van der Waals surface area contributed by atoms with Crippen molar-refractivity contribution in [2.75, 3.05) is 12.8 Å². The largest absolute Gasteiger partial charge is 0.495 e. The molecule has 2 N–H and O–H groups in total. The van der Waals surface area contributed by atoms with Crippen LogP contribution in [0.25, 0.3) is 5.69 Å². The summed E-state index contributed by atoms with van der Waals surface area (Å²) in [6.45, 7) is 0. The minimum Gasteiger partial charge on any atom is -0.495 e. The maximum absolute atomic E-state index is 5.91. The summed E-state index contributed by atoms with van der Waals surface area (Å²) in [5, 5.41) is 4.65. The number of benzene rings is 1. The molecule has 0 unspecified atom stereocenters. The van der Waals surface area contributed by atoms with Gasteiger partial charge in [0.1, 0.15) is 11.6 Å². The lowest BCUT2D eigenvalue weighted by molar-refractivity contribution is 0.414. The molecule has 0 fully saturated rings. The molecule has 0 spiro atoms. The zero-order valence-corrected chi connectivity index (χ0v) is 8.90. The topological polar surface area (TPSA) is 53.1 Å². The summed E-state index contributed by atoms with van der Waals surface area (Å²) in [7, 11) is 1.57. The number of hydrogen-bond acceptors (Lipinski definition) is 3. The van der Waals surface area contributed by atoms with Crippen molar-refractivity contribution in [3.63, 3.8) is 0 Å². The minimum absolute atomic E-state index is 0.476. The first kappa shape index (κ1) is 9.86. The Morgan fingerprint density at radius 1 is 1.40 bits per heavy atom. The van der Waals surface area contributed by atoms with Gasteiger partial charge in [-0.3, -0.25) is 0 Å². The molecule has 0 bridgehead atoms. The fraction of sp³-hybridized carbons (Fsp3) is 0.100. The molecule has 4 nitrogen and oxygen atoms in total. The molecule has 0 saturated heterocycles. The number of nitrogens with zero attached hydrogens (tertiary/aromatic N) is 2. The highest BCUT2D eigenvalue weighted by Crippen LogP contribution is 2.26. The molecule has 0 amide bonds. The fourth-order valence-electron chi connectivity index (χ4n) is 1.27. The second-order valence-electron chi connectivity index (χ2n) is 3.00. The highest BCUT2D eigenvalue weighted by atomic mass is 35.5. The van der Waals surface area contributed by atoms with Crippen LogP contribution < -0.4 is 10.5 Å². The van der Waals surface area contributed by atoms with Crippen molar-refractivity contribution in [1.82, 2.24) is 9.78 Å². The maximum Gasteiger partial charge on any atom is 0.145 e. The Morgan fingerprint density at radius 3 is 2.80 bits per heavy atom. The van der Waals surface area contributed by atoms with Crippen LogP contribution in [0.5, 0.6) is 5.75 Å². The number of nitrogens with two attached hydrogens (primary N) is 1. The summed E-state index contributed by atoms with van der Waals surface area (Å²) >= 11 is 5.91. The molecule has 0 aliphatic heterocycles. The van der Waals surface area contributed by atoms with Gasteiger partial charge in [-0.15, -0.1) is 0 Å². The van der Waals surface area contributed by atoms with Crippen LogP contribution in [0.4, 0.5) is 5.82 Å². The van der Waals surface area contributed by atoms with E-state index in [2.05, 4.69) is 5.10 Å². The summed E-state index contributed by atoms with van der Waals surface area (Å²) in [5.41, 5.74) is 6.38. The molecular weight excluding hydrogens is 214 g/mol. The highest BCUT2D eigenvalue weighted by Gasteiger charge is 2.04. The molecule has 2 aromatic rings. The van der Waals surface area contributed by atoms with E-state index in [4.69, 9.17) is 22.1 Å². The number of rotatable bonds is 2. The lowest BCUT2D eigenvalue weighted by Crippen LogP contribution is -1.97. The van der Waals surface area contributed by atoms with Crippen molar-refractivity contribution in [2.24, 2.45) is 0 Å². The van der Waals surface area contributed by atoms with Crippen LogP contribution in [-0.2, 0) is 0 Å². The molecule has 1 heterocycles. The Morgan fingerprint density at radius 2 is 2.20 bits per heavy atom. The minimum atomic E-state index is 0.476. The Bertz CT molecular complexity index is 481. The summed E-state index contributed by atoms with van der Waals surface area (Å²) in [4.78, 5) is 0. The number of methoxy groups -OCH3 is 1. The Kier molecular flexibility index (Phi) is 2.51. The van der Waals surface area contributed by atoms with Gasteiger partial charge < -0.3 is 10.5 Å². The first-order valence-electron chi connectivity index (χ1n) is 4.36. The van der Waals surface area contributed by atoms with Crippen LogP contribution in [0.2, 0.25) is 5.02 Å². The van der Waals surface area contributed by atoms with E-state index in [0.29, 0.717) is 16.6 Å². The summed E-state index contributed by atoms with van der Waals surface area (Å²) < 4.78 is 6.77. The lowest BCUT2D eigenvalue weighted by atomic mass is 10.3. The Balaban J connectivity index is 2.45. The average molecular weight is 224 g/mol. The van der Waals surface area contributed by atoms with Crippen molar-refractivity contribution in [1.29, 1.82) is 0 Å². The number of nitrogen functional groups attached to an aromatic ring is 1. The monoisotopic (exact) mass is 223 g/mol. The molecule has 0 atom stereocenters. The second kappa shape index (κ2) is 3.82. The molecule has 1 aromatic heterocycles. The smallest absolute Gasteiger partial charge is 0.145 e. The summed E-state index contributed by atoms with van der Waals surface area (Å²) in [5.74, 6) is 1.09. The molecule has 0 radical (unpaired) electrons. The molecule has 1 aromatic carbocycles. The summed E-state index contributed by atoms with van der Waals surface area (Å²) in [6, 6.07) is 7.13. The van der Waals surface area contributed by atoms with Crippen molar-refractivity contribution in [3.8, 4) is 11.4 Å². The van der Waals surface area contributed by atoms with Crippen LogP contribution in [0, 0.1) is 0 Å². The molecule has 0 aliphatic carbocycles. The van der Waals surface area contributed by atoms with Crippen molar-refractivity contribution < 1.29 is 4.74 Å². The van der Waals surface area contributed by atoms with Crippen molar-refractivity contribution in [3.05, 3.63) is 35.5 Å². The normalized spacial score (nSPS) is 10.3. The van der Waals surface area contributed by atoms with E-state index in [0.717, 1.165) is 5.69 Å². The Hall–Kier alpha value is -1.68. The van der Waals surface area contributed by atoms with Gasteiger partial charge in [0.2, 0.25) is 0 Å². The van der Waals surface area contributed by atoms with Crippen LogP contribution >= 0.6 is 11.6 Å². The number of ether oxygens (including phenoxy) is 1. The van der Waals surface area contributed by atoms with Gasteiger partial charge in [0.15, 0.2) is 0 Å². The fourth-order valence-corrected chi connectivity index (χ4v) is 1.47. The van der Waals surface area contributed by atoms with E-state index in [1.807, 2.05) is 6.07 Å². The van der Waals surface area contributed by atoms with Crippen LogP contribution in [0.15, 0.2) is 30.5 Å². The molecule has 15 heavy (non-hydrogen) atoms. The van der Waals surface area contributed by atoms with Gasteiger partial charge in [-0.25, -0.2) is 4.68 Å². The SMILES string of the molecule is COc1cc(-n2ccc(N)n2)ccc1Cl. The standard InChI is InChI=1S/C10H10ClN3O/c1-15-9-6-7(2-3-8(9)11)14-5-4-10(12)13-14/h2-6H,1H3,(H2,12,13). The van der Waals surface area contributed by atoms with Crippen LogP contribution in [0.1, 0.15) is 0 Å². The number of anilines is 1. The predicted molar refractivity (Wildman–Crippen MR) is 59.5 cm³/mol. The number of hydrogen-bond donors (Lipinski definition) is 1. The van der Waals surface area contributed by atoms with Gasteiger partial charge in [0.05, 0.1) is 17.8 Å². The predicted octanol–water partition coefficient (Wildman–Crippen LogP) is 2.12. The van der Waals surface area contributed by atoms with Gasteiger partial charge in [-0.1, -0.05) is 11.6 Å². The zero-order valence-electron chi connectivity index (χ0n) is 8.14. The van der Waals surface area contributed by atoms with Crippen LogP contribution in [0.3, 0.4) is 0 Å². The van der Waals surface area contributed by atoms with E-state index in [1.54, 1.807) is 36.2 Å². The zero-order chi connectivity index (χ0) is 10.8. The average Bonchev–Trinajstić information content (AvgIpc) is 2.66. The Labute approximate surface area is 92.2 Å². The first-order valence-corrected chi connectivity index (χ1v) is 4.73. The van der Waals surface area contributed by atoms with Gasteiger partial charge >= 0.3 is 0 Å². The highest BCUT2D eigenvalue weighted by molar-refractivity contribution is 6.32. The third-order valence-electron chi connectivity index (χ3n) is 2.01. The van der Waals surface area contributed by atoms with Gasteiger partial charge in [-0.2, -0.15) is 5.10 Å². The third-order valence-corrected chi connectivity index (χ3v) is 2.32. The molecule has 0 saturated carbocycles. The van der Waals surface area contributed by atoms with E-state index in [-0.39, 0.29) is 0 Å².